The third-order valence-corrected chi connectivity index (χ3v) is 10.5. The second-order valence-corrected chi connectivity index (χ2v) is 16.3. The lowest BCUT2D eigenvalue weighted by molar-refractivity contribution is -0.161. The van der Waals surface area contributed by atoms with Crippen molar-refractivity contribution in [2.24, 2.45) is 5.73 Å². The Morgan fingerprint density at radius 1 is 0.564 bits per heavy atom. The Bertz CT molecular complexity index is 1000. The quantitative estimate of drug-likeness (QED) is 0.0268. The van der Waals surface area contributed by atoms with Crippen molar-refractivity contribution in [3.05, 3.63) is 36.5 Å². The summed E-state index contributed by atoms with van der Waals surface area (Å²) in [6.45, 7) is 3.62. The summed E-state index contributed by atoms with van der Waals surface area (Å²) in [6, 6.07) is 0. The normalized spacial score (nSPS) is 13.6. The summed E-state index contributed by atoms with van der Waals surface area (Å²) < 4.78 is 32.8. The largest absolute Gasteiger partial charge is 0.472 e. The molecule has 0 amide bonds. The molecule has 0 aromatic carbocycles. The molecular weight excluding hydrogens is 713 g/mol. The van der Waals surface area contributed by atoms with Crippen LogP contribution in [0.2, 0.25) is 0 Å². The summed E-state index contributed by atoms with van der Waals surface area (Å²) >= 11 is 0. The van der Waals surface area contributed by atoms with E-state index in [1.165, 1.54) is 103 Å². The summed E-state index contributed by atoms with van der Waals surface area (Å²) in [6.07, 6.45) is 46.0. The fourth-order valence-electron chi connectivity index (χ4n) is 6.24. The third kappa shape index (κ3) is 41.7. The molecule has 0 rings (SSSR count). The van der Waals surface area contributed by atoms with Gasteiger partial charge in [0.25, 0.3) is 0 Å². The first kappa shape index (κ1) is 53.2. The van der Waals surface area contributed by atoms with E-state index in [0.717, 1.165) is 64.2 Å². The Labute approximate surface area is 337 Å². The summed E-state index contributed by atoms with van der Waals surface area (Å²) in [5.74, 6) is -0.842. The number of allylic oxidation sites excluding steroid dienone is 6. The lowest BCUT2D eigenvalue weighted by atomic mass is 10.0. The van der Waals surface area contributed by atoms with Gasteiger partial charge in [0.1, 0.15) is 6.61 Å². The van der Waals surface area contributed by atoms with Crippen molar-refractivity contribution < 1.29 is 37.6 Å². The molecule has 9 nitrogen and oxygen atoms in total. The highest BCUT2D eigenvalue weighted by molar-refractivity contribution is 7.47. The van der Waals surface area contributed by atoms with Crippen molar-refractivity contribution in [1.29, 1.82) is 0 Å². The average Bonchev–Trinajstić information content (AvgIpc) is 3.17. The predicted octanol–water partition coefficient (Wildman–Crippen LogP) is 12.9. The van der Waals surface area contributed by atoms with Crippen molar-refractivity contribution in [2.45, 2.75) is 213 Å². The molecule has 2 unspecified atom stereocenters. The zero-order valence-corrected chi connectivity index (χ0v) is 36.3. The molecule has 0 spiro atoms. The number of hydrogen-bond donors (Lipinski definition) is 2. The predicted molar refractivity (Wildman–Crippen MR) is 229 cm³/mol. The van der Waals surface area contributed by atoms with Crippen LogP contribution in [0.15, 0.2) is 36.5 Å². The number of phosphoric acid groups is 1. The number of carbonyl (C=O) groups excluding carboxylic acids is 2. The molecule has 0 saturated heterocycles. The molecule has 0 aliphatic carbocycles. The van der Waals surface area contributed by atoms with Crippen LogP contribution in [0.3, 0.4) is 0 Å². The van der Waals surface area contributed by atoms with Crippen LogP contribution in [-0.4, -0.2) is 49.3 Å². The smallest absolute Gasteiger partial charge is 0.462 e. The van der Waals surface area contributed by atoms with Gasteiger partial charge in [0.2, 0.25) is 0 Å². The van der Waals surface area contributed by atoms with Gasteiger partial charge in [-0.15, -0.1) is 0 Å². The monoisotopic (exact) mass is 798 g/mol. The van der Waals surface area contributed by atoms with Crippen LogP contribution in [-0.2, 0) is 32.7 Å². The second-order valence-electron chi connectivity index (χ2n) is 14.9. The number of phosphoric ester groups is 1. The number of ether oxygens (including phenoxy) is 2. The molecule has 0 heterocycles. The zero-order chi connectivity index (χ0) is 40.3. The highest BCUT2D eigenvalue weighted by atomic mass is 31.2. The van der Waals surface area contributed by atoms with Gasteiger partial charge in [-0.3, -0.25) is 18.6 Å². The number of hydrogen-bond acceptors (Lipinski definition) is 8. The van der Waals surface area contributed by atoms with Crippen LogP contribution in [0.25, 0.3) is 0 Å². The maximum atomic E-state index is 12.6. The number of nitrogens with two attached hydrogens (primary N) is 1. The topological polar surface area (TPSA) is 134 Å². The Morgan fingerprint density at radius 3 is 1.49 bits per heavy atom. The van der Waals surface area contributed by atoms with E-state index in [1.807, 2.05) is 0 Å². The molecule has 3 N–H and O–H groups in total. The Kier molecular flexibility index (Phi) is 40.5. The Morgan fingerprint density at radius 2 is 1.00 bits per heavy atom. The number of carbonyl (C=O) groups is 2. The van der Waals surface area contributed by atoms with Crippen molar-refractivity contribution in [1.82, 2.24) is 0 Å². The molecule has 322 valence electrons. The van der Waals surface area contributed by atoms with E-state index in [9.17, 15) is 19.0 Å². The molecule has 0 saturated carbocycles. The summed E-state index contributed by atoms with van der Waals surface area (Å²) in [7, 11) is -4.38. The van der Waals surface area contributed by atoms with Gasteiger partial charge in [-0.1, -0.05) is 185 Å². The lowest BCUT2D eigenvalue weighted by Crippen LogP contribution is -2.29. The fraction of sp³-hybridized carbons (Fsp3) is 0.822. The maximum Gasteiger partial charge on any atom is 0.472 e. The van der Waals surface area contributed by atoms with Crippen LogP contribution < -0.4 is 5.73 Å². The summed E-state index contributed by atoms with van der Waals surface area (Å²) in [4.78, 5) is 34.9. The van der Waals surface area contributed by atoms with Crippen LogP contribution in [0.5, 0.6) is 0 Å². The highest BCUT2D eigenvalue weighted by Crippen LogP contribution is 2.43. The fourth-order valence-corrected chi connectivity index (χ4v) is 7.00. The van der Waals surface area contributed by atoms with Crippen LogP contribution >= 0.6 is 7.82 Å². The third-order valence-electron chi connectivity index (χ3n) is 9.54. The SMILES string of the molecule is CCC=CCC=CCC=CCCCCCCCC(=O)OCC(COP(=O)(O)OCCN)OC(=O)CCCCCCCCCCCCCCCCCCCCC. The zero-order valence-electron chi connectivity index (χ0n) is 35.4. The molecule has 0 bridgehead atoms. The molecule has 0 aromatic rings. The van der Waals surface area contributed by atoms with Crippen molar-refractivity contribution >= 4 is 19.8 Å². The molecule has 55 heavy (non-hydrogen) atoms. The second kappa shape index (κ2) is 41.9. The van der Waals surface area contributed by atoms with Gasteiger partial charge in [-0.05, 0) is 44.9 Å². The van der Waals surface area contributed by atoms with Crippen molar-refractivity contribution in [3.63, 3.8) is 0 Å². The maximum absolute atomic E-state index is 12.6. The van der Waals surface area contributed by atoms with Gasteiger partial charge < -0.3 is 20.1 Å². The van der Waals surface area contributed by atoms with E-state index < -0.39 is 32.5 Å². The van der Waals surface area contributed by atoms with Gasteiger partial charge in [0.15, 0.2) is 6.10 Å². The van der Waals surface area contributed by atoms with Gasteiger partial charge in [-0.2, -0.15) is 0 Å². The van der Waals surface area contributed by atoms with E-state index in [1.54, 1.807) is 0 Å². The van der Waals surface area contributed by atoms with Crippen LogP contribution in [0, 0.1) is 0 Å². The minimum Gasteiger partial charge on any atom is -0.462 e. The van der Waals surface area contributed by atoms with Crippen LogP contribution in [0.1, 0.15) is 206 Å². The Balaban J connectivity index is 4.11. The van der Waals surface area contributed by atoms with Crippen molar-refractivity contribution in [3.8, 4) is 0 Å². The molecule has 0 aliphatic rings. The van der Waals surface area contributed by atoms with Crippen molar-refractivity contribution in [2.75, 3.05) is 26.4 Å². The van der Waals surface area contributed by atoms with Gasteiger partial charge in [0.05, 0.1) is 13.2 Å². The van der Waals surface area contributed by atoms with Gasteiger partial charge in [0, 0.05) is 19.4 Å². The number of esters is 2. The molecule has 0 aromatic heterocycles. The molecular formula is C45H84NO8P. The number of unbranched alkanes of at least 4 members (excludes halogenated alkanes) is 23. The van der Waals surface area contributed by atoms with E-state index in [0.29, 0.717) is 12.8 Å². The minimum absolute atomic E-state index is 0.0515. The van der Waals surface area contributed by atoms with Crippen LogP contribution in [0.4, 0.5) is 0 Å². The standard InChI is InChI=1S/C45H84NO8P/c1-3-5-7-9-11-13-15-17-19-20-21-22-24-26-28-30-32-34-36-38-45(48)54-43(42-53-55(49,50)52-40-39-46)41-51-44(47)37-35-33-31-29-27-25-23-18-16-14-12-10-8-6-4-2/h6,8,12,14,18,23,43H,3-5,7,9-11,13,15-17,19-22,24-42,46H2,1-2H3,(H,49,50). The molecule has 0 radical (unpaired) electrons. The van der Waals surface area contributed by atoms with E-state index in [-0.39, 0.29) is 32.6 Å². The first-order chi connectivity index (χ1) is 26.8. The van der Waals surface area contributed by atoms with Gasteiger partial charge >= 0.3 is 19.8 Å². The first-order valence-electron chi connectivity index (χ1n) is 22.5. The Hall–Kier alpha value is -1.77. The van der Waals surface area contributed by atoms with E-state index in [2.05, 4.69) is 50.3 Å². The lowest BCUT2D eigenvalue weighted by Gasteiger charge is -2.19. The van der Waals surface area contributed by atoms with E-state index >= 15 is 0 Å². The average molecular weight is 798 g/mol. The molecule has 0 fully saturated rings. The first-order valence-corrected chi connectivity index (χ1v) is 24.0. The minimum atomic E-state index is -4.38. The van der Waals surface area contributed by atoms with E-state index in [4.69, 9.17) is 24.3 Å². The highest BCUT2D eigenvalue weighted by Gasteiger charge is 2.26. The van der Waals surface area contributed by atoms with Gasteiger partial charge in [-0.25, -0.2) is 4.57 Å². The number of rotatable bonds is 42. The molecule has 2 atom stereocenters. The summed E-state index contributed by atoms with van der Waals surface area (Å²) in [5.41, 5.74) is 5.35. The molecule has 10 heteroatoms. The summed E-state index contributed by atoms with van der Waals surface area (Å²) in [5, 5.41) is 0. The molecule has 0 aliphatic heterocycles.